The average Bonchev–Trinajstić information content (AvgIpc) is 2.60. The molecule has 0 aliphatic heterocycles. The third-order valence-electron chi connectivity index (χ3n) is 6.66. The van der Waals surface area contributed by atoms with Crippen LogP contribution in [-0.2, 0) is 9.53 Å². The largest absolute Gasteiger partial charge is 0.480 e. The molecule has 1 amide bonds. The zero-order valence-electron chi connectivity index (χ0n) is 16.1. The first kappa shape index (κ1) is 18.8. The Hall–Kier alpha value is -2.57. The molecule has 7 heteroatoms. The van der Waals surface area contributed by atoms with Crippen molar-refractivity contribution in [1.29, 1.82) is 5.41 Å². The first-order valence-electron chi connectivity index (χ1n) is 9.96. The normalized spacial score (nSPS) is 31.2. The van der Waals surface area contributed by atoms with Gasteiger partial charge in [0.1, 0.15) is 17.5 Å². The van der Waals surface area contributed by atoms with Crippen molar-refractivity contribution in [2.75, 3.05) is 4.90 Å². The summed E-state index contributed by atoms with van der Waals surface area (Å²) in [6.45, 7) is 1.46. The number of nitrogens with two attached hydrogens (primary N) is 1. The van der Waals surface area contributed by atoms with Crippen molar-refractivity contribution in [3.63, 3.8) is 0 Å². The van der Waals surface area contributed by atoms with Gasteiger partial charge in [0, 0.05) is 11.3 Å². The molecule has 0 spiro atoms. The van der Waals surface area contributed by atoms with Gasteiger partial charge in [-0.1, -0.05) is 12.1 Å². The second-order valence-corrected chi connectivity index (χ2v) is 8.82. The van der Waals surface area contributed by atoms with Gasteiger partial charge in [-0.3, -0.25) is 10.3 Å². The van der Waals surface area contributed by atoms with Crippen LogP contribution in [0.3, 0.4) is 0 Å². The van der Waals surface area contributed by atoms with E-state index in [0.29, 0.717) is 29.0 Å². The monoisotopic (exact) mass is 385 g/mol. The number of carboxylic acids is 1. The Morgan fingerprint density at radius 3 is 2.29 bits per heavy atom. The number of amides is 1. The molecule has 4 aliphatic carbocycles. The van der Waals surface area contributed by atoms with Gasteiger partial charge >= 0.3 is 12.1 Å². The maximum atomic E-state index is 13.2. The number of hydrogen-bond donors (Lipinski definition) is 3. The molecule has 1 aromatic carbocycles. The first-order chi connectivity index (χ1) is 13.3. The fourth-order valence-electron chi connectivity index (χ4n) is 5.81. The molecule has 150 valence electrons. The standard InChI is InChI=1S/C21H27N3O4/c1-12(19(25)26)24(17-4-2-3-16(8-17)18(22)23)20(27)28-21-9-13-5-14(10-21)7-15(6-13)11-21/h2-4,8,12-15H,5-7,9-11H2,1H3,(H3,22,23)(H,25,26). The molecular formula is C21H27N3O4. The number of aliphatic carboxylic acids is 1. The molecule has 28 heavy (non-hydrogen) atoms. The van der Waals surface area contributed by atoms with Crippen LogP contribution in [0.15, 0.2) is 24.3 Å². The second kappa shape index (κ2) is 6.79. The number of amidine groups is 1. The van der Waals surface area contributed by atoms with E-state index >= 15 is 0 Å². The highest BCUT2D eigenvalue weighted by atomic mass is 16.6. The summed E-state index contributed by atoms with van der Waals surface area (Å²) in [7, 11) is 0. The number of hydrogen-bond acceptors (Lipinski definition) is 4. The lowest BCUT2D eigenvalue weighted by atomic mass is 9.54. The second-order valence-electron chi connectivity index (χ2n) is 8.82. The van der Waals surface area contributed by atoms with Gasteiger partial charge < -0.3 is 15.6 Å². The number of nitrogens with zero attached hydrogens (tertiary/aromatic N) is 1. The highest BCUT2D eigenvalue weighted by molar-refractivity contribution is 5.99. The number of nitrogen functional groups attached to an aromatic ring is 1. The first-order valence-corrected chi connectivity index (χ1v) is 9.96. The Morgan fingerprint density at radius 1 is 1.21 bits per heavy atom. The number of rotatable bonds is 5. The number of carbonyl (C=O) groups is 2. The summed E-state index contributed by atoms with van der Waals surface area (Å²) in [5, 5.41) is 17.2. The molecule has 0 heterocycles. The summed E-state index contributed by atoms with van der Waals surface area (Å²) < 4.78 is 6.08. The Balaban J connectivity index is 1.62. The van der Waals surface area contributed by atoms with Gasteiger partial charge in [-0.15, -0.1) is 0 Å². The topological polar surface area (TPSA) is 117 Å². The van der Waals surface area contributed by atoms with E-state index in [-0.39, 0.29) is 5.84 Å². The van der Waals surface area contributed by atoms with Crippen molar-refractivity contribution >= 4 is 23.6 Å². The van der Waals surface area contributed by atoms with Gasteiger partial charge in [0.05, 0.1) is 0 Å². The van der Waals surface area contributed by atoms with E-state index in [4.69, 9.17) is 15.9 Å². The Kier molecular flexibility index (Phi) is 4.56. The van der Waals surface area contributed by atoms with E-state index in [1.54, 1.807) is 24.3 Å². The van der Waals surface area contributed by atoms with Gasteiger partial charge in [-0.25, -0.2) is 9.59 Å². The van der Waals surface area contributed by atoms with Gasteiger partial charge in [0.15, 0.2) is 0 Å². The minimum Gasteiger partial charge on any atom is -0.480 e. The molecule has 7 nitrogen and oxygen atoms in total. The average molecular weight is 385 g/mol. The number of nitrogens with one attached hydrogen (secondary N) is 1. The van der Waals surface area contributed by atoms with Crippen LogP contribution >= 0.6 is 0 Å². The SMILES string of the molecule is CC(C(=O)O)N(C(=O)OC12CC3CC(CC(C3)C1)C2)c1cccc(C(=N)N)c1. The maximum absolute atomic E-state index is 13.2. The fraction of sp³-hybridized carbons (Fsp3) is 0.571. The summed E-state index contributed by atoms with van der Waals surface area (Å²) in [6.07, 6.45) is 5.71. The molecule has 4 fully saturated rings. The predicted molar refractivity (Wildman–Crippen MR) is 104 cm³/mol. The lowest BCUT2D eigenvalue weighted by molar-refractivity contribution is -0.139. The van der Waals surface area contributed by atoms with E-state index in [9.17, 15) is 14.7 Å². The molecule has 0 aromatic heterocycles. The summed E-state index contributed by atoms with van der Waals surface area (Å²) >= 11 is 0. The lowest BCUT2D eigenvalue weighted by Gasteiger charge is -2.55. The molecule has 1 unspecified atom stereocenters. The van der Waals surface area contributed by atoms with Gasteiger partial charge in [-0.2, -0.15) is 0 Å². The van der Waals surface area contributed by atoms with Crippen LogP contribution in [0.1, 0.15) is 51.0 Å². The van der Waals surface area contributed by atoms with Crippen molar-refractivity contribution < 1.29 is 19.4 Å². The van der Waals surface area contributed by atoms with E-state index in [1.165, 1.54) is 31.1 Å². The summed E-state index contributed by atoms with van der Waals surface area (Å²) in [6, 6.07) is 5.42. The molecule has 4 saturated carbocycles. The zero-order chi connectivity index (χ0) is 20.1. The Bertz CT molecular complexity index is 786. The van der Waals surface area contributed by atoms with Gasteiger partial charge in [0.25, 0.3) is 0 Å². The van der Waals surface area contributed by atoms with Crippen LogP contribution in [0.4, 0.5) is 10.5 Å². The number of ether oxygens (including phenoxy) is 1. The van der Waals surface area contributed by atoms with Crippen LogP contribution in [0.5, 0.6) is 0 Å². The highest BCUT2D eigenvalue weighted by Gasteiger charge is 2.53. The highest BCUT2D eigenvalue weighted by Crippen LogP contribution is 2.57. The van der Waals surface area contributed by atoms with Gasteiger partial charge in [0.2, 0.25) is 0 Å². The molecule has 4 N–H and O–H groups in total. The van der Waals surface area contributed by atoms with Crippen molar-refractivity contribution in [3.8, 4) is 0 Å². The number of carboxylic acid groups (broad SMARTS) is 1. The van der Waals surface area contributed by atoms with Crippen LogP contribution in [0.25, 0.3) is 0 Å². The minimum absolute atomic E-state index is 0.140. The predicted octanol–water partition coefficient (Wildman–Crippen LogP) is 3.36. The molecule has 0 radical (unpaired) electrons. The molecule has 4 bridgehead atoms. The molecule has 4 aliphatic rings. The van der Waals surface area contributed by atoms with Crippen LogP contribution in [-0.4, -0.2) is 34.6 Å². The Morgan fingerprint density at radius 2 is 1.79 bits per heavy atom. The lowest BCUT2D eigenvalue weighted by Crippen LogP contribution is -2.55. The van der Waals surface area contributed by atoms with Crippen molar-refractivity contribution in [1.82, 2.24) is 0 Å². The van der Waals surface area contributed by atoms with Gasteiger partial charge in [-0.05, 0) is 75.3 Å². The molecule has 1 atom stereocenters. The third kappa shape index (κ3) is 3.34. The molecule has 5 rings (SSSR count). The Labute approximate surface area is 164 Å². The quantitative estimate of drug-likeness (QED) is 0.531. The van der Waals surface area contributed by atoms with Crippen LogP contribution in [0.2, 0.25) is 0 Å². The van der Waals surface area contributed by atoms with E-state index in [2.05, 4.69) is 0 Å². The number of anilines is 1. The summed E-state index contributed by atoms with van der Waals surface area (Å²) in [5.74, 6) is 0.594. The fourth-order valence-corrected chi connectivity index (χ4v) is 5.81. The summed E-state index contributed by atoms with van der Waals surface area (Å²) in [4.78, 5) is 26.1. The molecule has 0 saturated heterocycles. The van der Waals surface area contributed by atoms with E-state index in [1.807, 2.05) is 0 Å². The molecule has 1 aromatic rings. The number of carbonyl (C=O) groups excluding carboxylic acids is 1. The van der Waals surface area contributed by atoms with Crippen molar-refractivity contribution in [2.24, 2.45) is 23.5 Å². The van der Waals surface area contributed by atoms with E-state index in [0.717, 1.165) is 19.3 Å². The summed E-state index contributed by atoms with van der Waals surface area (Å²) in [5.41, 5.74) is 5.91. The van der Waals surface area contributed by atoms with Crippen LogP contribution in [0, 0.1) is 23.2 Å². The van der Waals surface area contributed by atoms with E-state index < -0.39 is 23.7 Å². The third-order valence-corrected chi connectivity index (χ3v) is 6.66. The minimum atomic E-state index is -1.12. The number of benzene rings is 1. The zero-order valence-corrected chi connectivity index (χ0v) is 16.1. The van der Waals surface area contributed by atoms with Crippen molar-refractivity contribution in [2.45, 2.75) is 57.1 Å². The van der Waals surface area contributed by atoms with Crippen LogP contribution < -0.4 is 10.6 Å². The molecular weight excluding hydrogens is 358 g/mol. The van der Waals surface area contributed by atoms with Crippen molar-refractivity contribution in [3.05, 3.63) is 29.8 Å². The maximum Gasteiger partial charge on any atom is 0.415 e. The smallest absolute Gasteiger partial charge is 0.415 e.